The van der Waals surface area contributed by atoms with Crippen molar-refractivity contribution >= 4 is 22.9 Å². The van der Waals surface area contributed by atoms with Crippen LogP contribution in [0.3, 0.4) is 0 Å². The van der Waals surface area contributed by atoms with Gasteiger partial charge in [-0.15, -0.1) is 11.3 Å². The summed E-state index contributed by atoms with van der Waals surface area (Å²) in [6.45, 7) is 0. The molecule has 0 aliphatic rings. The molecule has 0 aliphatic carbocycles. The van der Waals surface area contributed by atoms with Crippen LogP contribution in [0.2, 0.25) is 0 Å². The number of carbonyl (C=O) groups is 2. The van der Waals surface area contributed by atoms with E-state index in [1.165, 1.54) is 17.6 Å². The summed E-state index contributed by atoms with van der Waals surface area (Å²) < 4.78 is 5.07. The van der Waals surface area contributed by atoms with Gasteiger partial charge in [-0.25, -0.2) is 0 Å². The monoisotopic (exact) mass is 271 g/mol. The highest BCUT2D eigenvalue weighted by atomic mass is 32.1. The number of aromatic nitrogens is 1. The first-order valence-corrected chi connectivity index (χ1v) is 6.49. The van der Waals surface area contributed by atoms with E-state index < -0.39 is 0 Å². The van der Waals surface area contributed by atoms with Crippen molar-refractivity contribution in [1.82, 2.24) is 4.98 Å². The van der Waals surface area contributed by atoms with Crippen LogP contribution in [0.5, 0.6) is 0 Å². The predicted molar refractivity (Wildman–Crippen MR) is 70.7 cm³/mol. The van der Waals surface area contributed by atoms with E-state index in [1.807, 2.05) is 5.38 Å². The third-order valence-electron chi connectivity index (χ3n) is 2.71. The molecule has 0 aromatic carbocycles. The van der Waals surface area contributed by atoms with Gasteiger partial charge in [-0.3, -0.25) is 9.59 Å². The second-order valence-electron chi connectivity index (χ2n) is 3.88. The number of ketones is 2. The molecule has 0 bridgehead atoms. The number of carbonyl (C=O) groups excluding carboxylic acids is 2. The SMILES string of the molecule is O=C(c1cccs1)c1cc[nH]c1C(=O)c1ccco1. The molecule has 1 N–H and O–H groups in total. The van der Waals surface area contributed by atoms with E-state index in [0.717, 1.165) is 0 Å². The van der Waals surface area contributed by atoms with Gasteiger partial charge in [-0.1, -0.05) is 6.07 Å². The summed E-state index contributed by atoms with van der Waals surface area (Å²) in [7, 11) is 0. The third kappa shape index (κ3) is 2.04. The molecule has 0 atom stereocenters. The molecule has 0 saturated heterocycles. The van der Waals surface area contributed by atoms with Gasteiger partial charge in [0.05, 0.1) is 16.7 Å². The molecule has 3 rings (SSSR count). The minimum atomic E-state index is -0.324. The first kappa shape index (κ1) is 11.7. The van der Waals surface area contributed by atoms with Crippen molar-refractivity contribution in [3.05, 3.63) is 70.1 Å². The van der Waals surface area contributed by atoms with E-state index in [0.29, 0.717) is 10.4 Å². The Bertz CT molecular complexity index is 647. The van der Waals surface area contributed by atoms with Crippen molar-refractivity contribution in [3.63, 3.8) is 0 Å². The quantitative estimate of drug-likeness (QED) is 0.741. The molecule has 0 fully saturated rings. The van der Waals surface area contributed by atoms with E-state index >= 15 is 0 Å². The predicted octanol–water partition coefficient (Wildman–Crippen LogP) is 3.13. The number of H-pyrrole nitrogens is 1. The first-order valence-electron chi connectivity index (χ1n) is 5.61. The van der Waals surface area contributed by atoms with Crippen LogP contribution in [0, 0.1) is 0 Å². The fraction of sp³-hybridized carbons (Fsp3) is 0. The summed E-state index contributed by atoms with van der Waals surface area (Å²) in [6, 6.07) is 8.36. The molecule has 0 aliphatic heterocycles. The summed E-state index contributed by atoms with van der Waals surface area (Å²) in [5.74, 6) is -0.274. The number of thiophene rings is 1. The Morgan fingerprint density at radius 3 is 2.68 bits per heavy atom. The zero-order valence-corrected chi connectivity index (χ0v) is 10.6. The standard InChI is InChI=1S/C14H9NO3S/c16-13(11-4-2-8-19-11)9-5-6-15-12(9)14(17)10-3-1-7-18-10/h1-8,15H. The molecule has 0 radical (unpaired) electrons. The lowest BCUT2D eigenvalue weighted by Crippen LogP contribution is -2.08. The Morgan fingerprint density at radius 1 is 1.11 bits per heavy atom. The summed E-state index contributed by atoms with van der Waals surface area (Å²) in [6.07, 6.45) is 3.01. The Labute approximate surface area is 112 Å². The zero-order chi connectivity index (χ0) is 13.2. The number of aromatic amines is 1. The van der Waals surface area contributed by atoms with Crippen molar-refractivity contribution in [3.8, 4) is 0 Å². The van der Waals surface area contributed by atoms with E-state index in [9.17, 15) is 9.59 Å². The highest BCUT2D eigenvalue weighted by Gasteiger charge is 2.22. The average molecular weight is 271 g/mol. The summed E-state index contributed by atoms with van der Waals surface area (Å²) in [4.78, 5) is 27.9. The molecule has 0 amide bonds. The second kappa shape index (κ2) is 4.70. The molecule has 0 unspecified atom stereocenters. The molecule has 19 heavy (non-hydrogen) atoms. The van der Waals surface area contributed by atoms with Crippen molar-refractivity contribution in [1.29, 1.82) is 0 Å². The molecule has 5 heteroatoms. The van der Waals surface area contributed by atoms with Gasteiger partial charge in [-0.2, -0.15) is 0 Å². The smallest absolute Gasteiger partial charge is 0.245 e. The fourth-order valence-electron chi connectivity index (χ4n) is 1.82. The van der Waals surface area contributed by atoms with Crippen LogP contribution in [0.4, 0.5) is 0 Å². The van der Waals surface area contributed by atoms with Crippen molar-refractivity contribution in [2.45, 2.75) is 0 Å². The highest BCUT2D eigenvalue weighted by molar-refractivity contribution is 7.12. The maximum absolute atomic E-state index is 12.3. The van der Waals surface area contributed by atoms with Crippen molar-refractivity contribution in [2.24, 2.45) is 0 Å². The maximum Gasteiger partial charge on any atom is 0.245 e. The van der Waals surface area contributed by atoms with Gasteiger partial charge in [-0.05, 0) is 29.6 Å². The van der Waals surface area contributed by atoms with Crippen LogP contribution in [-0.4, -0.2) is 16.6 Å². The minimum Gasteiger partial charge on any atom is -0.461 e. The zero-order valence-electron chi connectivity index (χ0n) is 9.75. The van der Waals surface area contributed by atoms with Gasteiger partial charge in [0, 0.05) is 6.20 Å². The van der Waals surface area contributed by atoms with Crippen LogP contribution in [-0.2, 0) is 0 Å². The third-order valence-corrected chi connectivity index (χ3v) is 3.58. The molecule has 0 saturated carbocycles. The van der Waals surface area contributed by atoms with E-state index in [-0.39, 0.29) is 23.0 Å². The molecule has 94 valence electrons. The largest absolute Gasteiger partial charge is 0.461 e. The number of hydrogen-bond donors (Lipinski definition) is 1. The average Bonchev–Trinajstić information content (AvgIpc) is 3.16. The highest BCUT2D eigenvalue weighted by Crippen LogP contribution is 2.20. The van der Waals surface area contributed by atoms with Crippen LogP contribution in [0.1, 0.15) is 31.5 Å². The number of rotatable bonds is 4. The van der Waals surface area contributed by atoms with Gasteiger partial charge in [0.2, 0.25) is 11.6 Å². The Hall–Kier alpha value is -2.40. The van der Waals surface area contributed by atoms with E-state index in [2.05, 4.69) is 4.98 Å². The Balaban J connectivity index is 1.99. The van der Waals surface area contributed by atoms with Crippen LogP contribution < -0.4 is 0 Å². The topological polar surface area (TPSA) is 63.1 Å². The number of furan rings is 1. The Kier molecular flexibility index (Phi) is 2.89. The van der Waals surface area contributed by atoms with Crippen LogP contribution >= 0.6 is 11.3 Å². The molecule has 3 heterocycles. The van der Waals surface area contributed by atoms with Gasteiger partial charge in [0.25, 0.3) is 0 Å². The van der Waals surface area contributed by atoms with Crippen molar-refractivity contribution < 1.29 is 14.0 Å². The lowest BCUT2D eigenvalue weighted by atomic mass is 10.1. The summed E-state index contributed by atoms with van der Waals surface area (Å²) in [5, 5.41) is 1.83. The molecular formula is C14H9NO3S. The fourth-order valence-corrected chi connectivity index (χ4v) is 2.50. The molecule has 3 aromatic rings. The van der Waals surface area contributed by atoms with Crippen LogP contribution in [0.15, 0.2) is 52.6 Å². The lowest BCUT2D eigenvalue weighted by Gasteiger charge is -1.99. The maximum atomic E-state index is 12.3. The van der Waals surface area contributed by atoms with E-state index in [4.69, 9.17) is 4.42 Å². The van der Waals surface area contributed by atoms with Gasteiger partial charge in [0.15, 0.2) is 5.76 Å². The minimum absolute atomic E-state index is 0.161. The lowest BCUT2D eigenvalue weighted by molar-refractivity contribution is 0.0986. The summed E-state index contributed by atoms with van der Waals surface area (Å²) >= 11 is 1.35. The van der Waals surface area contributed by atoms with Gasteiger partial charge in [0.1, 0.15) is 5.69 Å². The molecule has 0 spiro atoms. The number of nitrogens with one attached hydrogen (secondary N) is 1. The Morgan fingerprint density at radius 2 is 2.00 bits per heavy atom. The van der Waals surface area contributed by atoms with Gasteiger partial charge >= 0.3 is 0 Å². The van der Waals surface area contributed by atoms with E-state index in [1.54, 1.807) is 36.5 Å². The van der Waals surface area contributed by atoms with Crippen molar-refractivity contribution in [2.75, 3.05) is 0 Å². The molecular weight excluding hydrogens is 262 g/mol. The molecule has 3 aromatic heterocycles. The number of hydrogen-bond acceptors (Lipinski definition) is 4. The normalized spacial score (nSPS) is 10.5. The van der Waals surface area contributed by atoms with Gasteiger partial charge < -0.3 is 9.40 Å². The first-order chi connectivity index (χ1) is 9.27. The van der Waals surface area contributed by atoms with Crippen LogP contribution in [0.25, 0.3) is 0 Å². The second-order valence-corrected chi connectivity index (χ2v) is 4.83. The molecule has 4 nitrogen and oxygen atoms in total. The summed E-state index contributed by atoms with van der Waals surface area (Å²) in [5.41, 5.74) is 0.622.